The van der Waals surface area contributed by atoms with Crippen molar-refractivity contribution in [2.75, 3.05) is 13.6 Å². The number of carboxylic acid groups (broad SMARTS) is 1. The van der Waals surface area contributed by atoms with E-state index in [1.165, 1.54) is 25.7 Å². The van der Waals surface area contributed by atoms with Crippen LogP contribution in [0.5, 0.6) is 0 Å². The first kappa shape index (κ1) is 16.5. The van der Waals surface area contributed by atoms with Crippen LogP contribution in [0.2, 0.25) is 0 Å². The Morgan fingerprint density at radius 2 is 2.00 bits per heavy atom. The number of hydrogen-bond donors (Lipinski definition) is 1. The topological polar surface area (TPSA) is 40.5 Å². The lowest BCUT2D eigenvalue weighted by Crippen LogP contribution is -2.36. The third-order valence-corrected chi connectivity index (χ3v) is 4.67. The van der Waals surface area contributed by atoms with Crippen molar-refractivity contribution in [3.05, 3.63) is 0 Å². The van der Waals surface area contributed by atoms with Crippen molar-refractivity contribution in [3.8, 4) is 0 Å². The Labute approximate surface area is 118 Å². The third-order valence-electron chi connectivity index (χ3n) is 4.67. The van der Waals surface area contributed by atoms with Crippen LogP contribution in [0, 0.1) is 11.3 Å². The van der Waals surface area contributed by atoms with Gasteiger partial charge in [-0.1, -0.05) is 26.2 Å². The SMILES string of the molecule is CC1CCCC(N(C)CCCCC(C)(C)C(=O)O)C1. The molecule has 0 spiro atoms. The van der Waals surface area contributed by atoms with Crippen molar-refractivity contribution in [2.24, 2.45) is 11.3 Å². The van der Waals surface area contributed by atoms with E-state index in [1.54, 1.807) is 0 Å². The van der Waals surface area contributed by atoms with Gasteiger partial charge in [-0.25, -0.2) is 0 Å². The van der Waals surface area contributed by atoms with Gasteiger partial charge in [0.2, 0.25) is 0 Å². The molecule has 0 aromatic rings. The normalized spacial score (nSPS) is 24.7. The van der Waals surface area contributed by atoms with Crippen LogP contribution in [-0.4, -0.2) is 35.6 Å². The molecule has 0 saturated heterocycles. The molecule has 0 bridgehead atoms. The van der Waals surface area contributed by atoms with Crippen molar-refractivity contribution < 1.29 is 9.90 Å². The molecule has 0 aromatic carbocycles. The molecular weight excluding hydrogens is 238 g/mol. The van der Waals surface area contributed by atoms with Crippen molar-refractivity contribution in [3.63, 3.8) is 0 Å². The average Bonchev–Trinajstić information content (AvgIpc) is 2.34. The summed E-state index contributed by atoms with van der Waals surface area (Å²) in [6, 6.07) is 0.747. The lowest BCUT2D eigenvalue weighted by molar-refractivity contribution is -0.147. The zero-order valence-electron chi connectivity index (χ0n) is 13.1. The Bertz CT molecular complexity index is 288. The molecule has 0 radical (unpaired) electrons. The molecule has 1 saturated carbocycles. The van der Waals surface area contributed by atoms with Crippen LogP contribution in [0.3, 0.4) is 0 Å². The molecule has 2 unspecified atom stereocenters. The minimum Gasteiger partial charge on any atom is -0.481 e. The standard InChI is InChI=1S/C16H31NO2/c1-13-8-7-9-14(12-13)17(4)11-6-5-10-16(2,3)15(18)19/h13-14H,5-12H2,1-4H3,(H,18,19). The molecule has 1 aliphatic carbocycles. The van der Waals surface area contributed by atoms with Gasteiger partial charge in [0.05, 0.1) is 5.41 Å². The number of carboxylic acids is 1. The van der Waals surface area contributed by atoms with Gasteiger partial charge in [0.25, 0.3) is 0 Å². The smallest absolute Gasteiger partial charge is 0.309 e. The number of rotatable bonds is 7. The molecule has 19 heavy (non-hydrogen) atoms. The number of carbonyl (C=O) groups is 1. The third kappa shape index (κ3) is 5.52. The van der Waals surface area contributed by atoms with Crippen LogP contribution in [0.15, 0.2) is 0 Å². The van der Waals surface area contributed by atoms with E-state index >= 15 is 0 Å². The molecule has 1 N–H and O–H groups in total. The lowest BCUT2D eigenvalue weighted by Gasteiger charge is -2.34. The number of aliphatic carboxylic acids is 1. The van der Waals surface area contributed by atoms with Gasteiger partial charge in [0.1, 0.15) is 0 Å². The molecule has 0 aromatic heterocycles. The second-order valence-corrected chi connectivity index (χ2v) is 7.05. The van der Waals surface area contributed by atoms with E-state index in [0.29, 0.717) is 0 Å². The summed E-state index contributed by atoms with van der Waals surface area (Å²) in [6.07, 6.45) is 8.30. The Balaban J connectivity index is 2.20. The largest absolute Gasteiger partial charge is 0.481 e. The van der Waals surface area contributed by atoms with Gasteiger partial charge in [-0.05, 0) is 59.0 Å². The van der Waals surface area contributed by atoms with Gasteiger partial charge in [0, 0.05) is 6.04 Å². The Hall–Kier alpha value is -0.570. The van der Waals surface area contributed by atoms with Crippen molar-refractivity contribution in [1.82, 2.24) is 4.90 Å². The Kier molecular flexibility index (Phi) is 6.31. The monoisotopic (exact) mass is 269 g/mol. The molecule has 2 atom stereocenters. The summed E-state index contributed by atoms with van der Waals surface area (Å²) in [5, 5.41) is 9.07. The second kappa shape index (κ2) is 7.28. The van der Waals surface area contributed by atoms with Gasteiger partial charge in [-0.15, -0.1) is 0 Å². The van der Waals surface area contributed by atoms with E-state index in [9.17, 15) is 4.79 Å². The van der Waals surface area contributed by atoms with Crippen molar-refractivity contribution in [2.45, 2.75) is 71.8 Å². The zero-order chi connectivity index (χ0) is 14.5. The first-order chi connectivity index (χ1) is 8.83. The lowest BCUT2D eigenvalue weighted by atomic mass is 9.86. The minimum atomic E-state index is -0.679. The number of nitrogens with zero attached hydrogens (tertiary/aromatic N) is 1. The first-order valence-electron chi connectivity index (χ1n) is 7.76. The Morgan fingerprint density at radius 1 is 1.32 bits per heavy atom. The Morgan fingerprint density at radius 3 is 2.58 bits per heavy atom. The maximum absolute atomic E-state index is 11.0. The fourth-order valence-corrected chi connectivity index (χ4v) is 3.02. The van der Waals surface area contributed by atoms with E-state index in [0.717, 1.165) is 37.8 Å². The van der Waals surface area contributed by atoms with E-state index in [-0.39, 0.29) is 0 Å². The highest BCUT2D eigenvalue weighted by atomic mass is 16.4. The van der Waals surface area contributed by atoms with E-state index in [2.05, 4.69) is 18.9 Å². The van der Waals surface area contributed by atoms with Gasteiger partial charge in [0.15, 0.2) is 0 Å². The predicted molar refractivity (Wildman–Crippen MR) is 79.3 cm³/mol. The molecule has 0 aliphatic heterocycles. The molecular formula is C16H31NO2. The first-order valence-corrected chi connectivity index (χ1v) is 7.76. The molecule has 1 fully saturated rings. The molecule has 0 heterocycles. The summed E-state index contributed by atoms with van der Waals surface area (Å²) >= 11 is 0. The average molecular weight is 269 g/mol. The van der Waals surface area contributed by atoms with Crippen LogP contribution < -0.4 is 0 Å². The van der Waals surface area contributed by atoms with Crippen molar-refractivity contribution in [1.29, 1.82) is 0 Å². The summed E-state index contributed by atoms with van der Waals surface area (Å²) in [7, 11) is 2.23. The van der Waals surface area contributed by atoms with Gasteiger partial charge >= 0.3 is 5.97 Å². The zero-order valence-corrected chi connectivity index (χ0v) is 13.1. The van der Waals surface area contributed by atoms with Crippen LogP contribution >= 0.6 is 0 Å². The fourth-order valence-electron chi connectivity index (χ4n) is 3.02. The number of unbranched alkanes of at least 4 members (excludes halogenated alkanes) is 1. The van der Waals surface area contributed by atoms with Gasteiger partial charge < -0.3 is 10.0 Å². The summed E-state index contributed by atoms with van der Waals surface area (Å²) in [5.74, 6) is 0.189. The minimum absolute atomic E-state index is 0.572. The van der Waals surface area contributed by atoms with Gasteiger partial charge in [-0.3, -0.25) is 4.79 Å². The molecule has 3 nitrogen and oxygen atoms in total. The highest BCUT2D eigenvalue weighted by Crippen LogP contribution is 2.27. The predicted octanol–water partition coefficient (Wildman–Crippen LogP) is 3.78. The van der Waals surface area contributed by atoms with Crippen molar-refractivity contribution >= 4 is 5.97 Å². The van der Waals surface area contributed by atoms with E-state index < -0.39 is 11.4 Å². The molecule has 1 aliphatic rings. The maximum Gasteiger partial charge on any atom is 0.309 e. The maximum atomic E-state index is 11.0. The molecule has 0 amide bonds. The van der Waals surface area contributed by atoms with Gasteiger partial charge in [-0.2, -0.15) is 0 Å². The highest BCUT2D eigenvalue weighted by Gasteiger charge is 2.26. The van der Waals surface area contributed by atoms with Crippen LogP contribution in [-0.2, 0) is 4.79 Å². The van der Waals surface area contributed by atoms with Crippen LogP contribution in [0.25, 0.3) is 0 Å². The molecule has 1 rings (SSSR count). The second-order valence-electron chi connectivity index (χ2n) is 7.05. The summed E-state index contributed by atoms with van der Waals surface area (Å²) in [5.41, 5.74) is -0.572. The van der Waals surface area contributed by atoms with E-state index in [4.69, 9.17) is 5.11 Å². The van der Waals surface area contributed by atoms with Crippen LogP contribution in [0.1, 0.15) is 65.7 Å². The summed E-state index contributed by atoms with van der Waals surface area (Å²) in [6.45, 7) is 7.10. The quantitative estimate of drug-likeness (QED) is 0.715. The molecule has 3 heteroatoms. The summed E-state index contributed by atoms with van der Waals surface area (Å²) in [4.78, 5) is 13.5. The van der Waals surface area contributed by atoms with E-state index in [1.807, 2.05) is 13.8 Å². The fraction of sp³-hybridized carbons (Fsp3) is 0.938. The number of hydrogen-bond acceptors (Lipinski definition) is 2. The summed E-state index contributed by atoms with van der Waals surface area (Å²) < 4.78 is 0. The highest BCUT2D eigenvalue weighted by molar-refractivity contribution is 5.73. The van der Waals surface area contributed by atoms with Crippen LogP contribution in [0.4, 0.5) is 0 Å². The molecule has 112 valence electrons.